The van der Waals surface area contributed by atoms with E-state index in [-0.39, 0.29) is 18.2 Å². The van der Waals surface area contributed by atoms with Crippen molar-refractivity contribution in [1.29, 1.82) is 0 Å². The van der Waals surface area contributed by atoms with Gasteiger partial charge in [-0.3, -0.25) is 14.7 Å². The second kappa shape index (κ2) is 5.72. The number of carbonyl (C=O) groups excluding carboxylic acids is 2. The van der Waals surface area contributed by atoms with Gasteiger partial charge in [0.05, 0.1) is 11.7 Å². The number of urea groups is 1. The van der Waals surface area contributed by atoms with E-state index in [0.717, 1.165) is 25.1 Å². The van der Waals surface area contributed by atoms with Gasteiger partial charge in [-0.15, -0.1) is 0 Å². The molecule has 0 radical (unpaired) electrons. The molecule has 1 aromatic heterocycles. The molecule has 0 fully saturated rings. The highest BCUT2D eigenvalue weighted by Crippen LogP contribution is 2.38. The Morgan fingerprint density at radius 2 is 2.17 bits per heavy atom. The topological polar surface area (TPSA) is 88.3 Å². The van der Waals surface area contributed by atoms with Crippen LogP contribution in [0.15, 0.2) is 36.5 Å². The number of ketones is 1. The molecule has 0 saturated carbocycles. The number of anilines is 1. The van der Waals surface area contributed by atoms with Crippen LogP contribution in [-0.4, -0.2) is 23.3 Å². The summed E-state index contributed by atoms with van der Waals surface area (Å²) in [6.45, 7) is 1.79. The Hall–Kier alpha value is -2.73. The average molecular weight is 322 g/mol. The molecule has 0 saturated heterocycles. The van der Waals surface area contributed by atoms with E-state index in [4.69, 9.17) is 5.73 Å². The van der Waals surface area contributed by atoms with Gasteiger partial charge in [-0.25, -0.2) is 4.79 Å². The summed E-state index contributed by atoms with van der Waals surface area (Å²) in [5.41, 5.74) is 9.91. The fourth-order valence-corrected chi connectivity index (χ4v) is 3.58. The fourth-order valence-electron chi connectivity index (χ4n) is 3.58. The second-order valence-corrected chi connectivity index (χ2v) is 6.18. The molecule has 1 atom stereocenters. The van der Waals surface area contributed by atoms with Crippen LogP contribution in [0.5, 0.6) is 0 Å². The van der Waals surface area contributed by atoms with E-state index in [0.29, 0.717) is 11.4 Å². The number of carbonyl (C=O) groups is 2. The van der Waals surface area contributed by atoms with Crippen LogP contribution >= 0.6 is 0 Å². The van der Waals surface area contributed by atoms with Gasteiger partial charge in [0.25, 0.3) is 0 Å². The molecule has 6 nitrogen and oxygen atoms in total. The maximum absolute atomic E-state index is 12.5. The minimum Gasteiger partial charge on any atom is -0.351 e. The number of nitrogens with two attached hydrogens (primary N) is 1. The van der Waals surface area contributed by atoms with Gasteiger partial charge in [0.2, 0.25) is 0 Å². The quantitative estimate of drug-likeness (QED) is 0.840. The van der Waals surface area contributed by atoms with E-state index in [1.807, 2.05) is 6.07 Å². The monoisotopic (exact) mass is 322 g/mol. The molecular weight excluding hydrogens is 304 g/mol. The number of hydrogen-bond acceptors (Lipinski definition) is 4. The third-order valence-electron chi connectivity index (χ3n) is 4.74. The molecule has 2 aromatic rings. The lowest BCUT2D eigenvalue weighted by Crippen LogP contribution is -2.43. The van der Waals surface area contributed by atoms with Crippen LogP contribution in [0.25, 0.3) is 0 Å². The number of nitrogens with one attached hydrogen (secondary N) is 1. The van der Waals surface area contributed by atoms with Crippen LogP contribution in [0, 0.1) is 0 Å². The van der Waals surface area contributed by atoms with Gasteiger partial charge >= 0.3 is 6.03 Å². The number of amides is 2. The van der Waals surface area contributed by atoms with Crippen LogP contribution in [-0.2, 0) is 13.0 Å². The number of benzene rings is 1. The molecule has 1 aromatic carbocycles. The van der Waals surface area contributed by atoms with Crippen LogP contribution in [0.4, 0.5) is 10.5 Å². The van der Waals surface area contributed by atoms with E-state index >= 15 is 0 Å². The molecule has 2 amide bonds. The van der Waals surface area contributed by atoms with E-state index < -0.39 is 6.03 Å². The summed E-state index contributed by atoms with van der Waals surface area (Å²) in [7, 11) is 0. The van der Waals surface area contributed by atoms with Crippen LogP contribution in [0.1, 0.15) is 39.6 Å². The zero-order valence-corrected chi connectivity index (χ0v) is 13.2. The maximum atomic E-state index is 12.5. The molecule has 0 aliphatic carbocycles. The highest BCUT2D eigenvalue weighted by Gasteiger charge is 2.36. The van der Waals surface area contributed by atoms with Crippen molar-refractivity contribution < 1.29 is 9.59 Å². The van der Waals surface area contributed by atoms with Gasteiger partial charge in [0, 0.05) is 19.2 Å². The predicted molar refractivity (Wildman–Crippen MR) is 89.8 cm³/mol. The van der Waals surface area contributed by atoms with Crippen molar-refractivity contribution in [2.75, 3.05) is 11.4 Å². The van der Waals surface area contributed by atoms with E-state index in [1.54, 1.807) is 18.3 Å². The Kier molecular flexibility index (Phi) is 3.54. The number of hydrogen-bond donors (Lipinski definition) is 2. The lowest BCUT2D eigenvalue weighted by atomic mass is 9.89. The lowest BCUT2D eigenvalue weighted by molar-refractivity contribution is 0.0962. The largest absolute Gasteiger partial charge is 0.351 e. The first kappa shape index (κ1) is 14.8. The van der Waals surface area contributed by atoms with Crippen molar-refractivity contribution in [2.24, 2.45) is 5.73 Å². The maximum Gasteiger partial charge on any atom is 0.319 e. The first-order valence-electron chi connectivity index (χ1n) is 8.04. The van der Waals surface area contributed by atoms with Gasteiger partial charge in [-0.2, -0.15) is 0 Å². The molecule has 1 unspecified atom stereocenters. The Bertz CT molecular complexity index is 834. The summed E-state index contributed by atoms with van der Waals surface area (Å²) in [5.74, 6) is -0.0625. The van der Waals surface area contributed by atoms with E-state index in [1.165, 1.54) is 16.0 Å². The SMILES string of the molecule is NC(=O)N1c2cccnc2C(=O)CC1c1ccc2c(c1)CCNC2. The van der Waals surface area contributed by atoms with Crippen molar-refractivity contribution in [3.8, 4) is 0 Å². The molecule has 2 aliphatic rings. The highest BCUT2D eigenvalue weighted by atomic mass is 16.2. The zero-order valence-electron chi connectivity index (χ0n) is 13.2. The van der Waals surface area contributed by atoms with Crippen molar-refractivity contribution in [3.63, 3.8) is 0 Å². The smallest absolute Gasteiger partial charge is 0.319 e. The van der Waals surface area contributed by atoms with Crippen LogP contribution in [0.2, 0.25) is 0 Å². The fraction of sp³-hybridized carbons (Fsp3) is 0.278. The number of fused-ring (bicyclic) bond motifs is 2. The number of aromatic nitrogens is 1. The first-order valence-corrected chi connectivity index (χ1v) is 8.04. The number of pyridine rings is 1. The molecule has 4 rings (SSSR count). The molecular formula is C18H18N4O2. The molecule has 0 spiro atoms. The first-order chi connectivity index (χ1) is 11.6. The molecule has 122 valence electrons. The normalized spacial score (nSPS) is 19.6. The average Bonchev–Trinajstić information content (AvgIpc) is 2.61. The predicted octanol–water partition coefficient (Wildman–Crippen LogP) is 1.94. The number of primary amides is 1. The Morgan fingerprint density at radius 1 is 1.29 bits per heavy atom. The summed E-state index contributed by atoms with van der Waals surface area (Å²) in [4.78, 5) is 30.2. The third kappa shape index (κ3) is 2.35. The van der Waals surface area contributed by atoms with Gasteiger partial charge in [-0.05, 0) is 41.8 Å². The molecule has 6 heteroatoms. The second-order valence-electron chi connectivity index (χ2n) is 6.18. The van der Waals surface area contributed by atoms with Crippen LogP contribution < -0.4 is 16.0 Å². The van der Waals surface area contributed by atoms with Crippen molar-refractivity contribution in [2.45, 2.75) is 25.4 Å². The van der Waals surface area contributed by atoms with Gasteiger partial charge < -0.3 is 11.1 Å². The molecule has 24 heavy (non-hydrogen) atoms. The molecule has 3 heterocycles. The van der Waals surface area contributed by atoms with Crippen molar-refractivity contribution in [1.82, 2.24) is 10.3 Å². The van der Waals surface area contributed by atoms with Crippen molar-refractivity contribution in [3.05, 3.63) is 58.9 Å². The Morgan fingerprint density at radius 3 is 3.00 bits per heavy atom. The molecule has 0 bridgehead atoms. The van der Waals surface area contributed by atoms with Gasteiger partial charge in [0.15, 0.2) is 5.78 Å². The standard InChI is InChI=1S/C18H18N4O2/c19-18(24)22-14-2-1-6-21-17(14)16(23)9-15(22)12-3-4-13-10-20-7-5-11(13)8-12/h1-4,6,8,15,20H,5,7,9-10H2,(H2,19,24). The highest BCUT2D eigenvalue weighted by molar-refractivity contribution is 6.07. The summed E-state index contributed by atoms with van der Waals surface area (Å²) in [5, 5.41) is 3.34. The number of Topliss-reactive ketones (excluding diaryl/α,β-unsaturated/α-hetero) is 1. The van der Waals surface area contributed by atoms with Crippen molar-refractivity contribution >= 4 is 17.5 Å². The van der Waals surface area contributed by atoms with Gasteiger partial charge in [0.1, 0.15) is 5.69 Å². The number of rotatable bonds is 1. The van der Waals surface area contributed by atoms with Crippen LogP contribution in [0.3, 0.4) is 0 Å². The summed E-state index contributed by atoms with van der Waals surface area (Å²) in [6.07, 6.45) is 2.70. The lowest BCUT2D eigenvalue weighted by Gasteiger charge is -2.35. The van der Waals surface area contributed by atoms with E-state index in [9.17, 15) is 9.59 Å². The van der Waals surface area contributed by atoms with E-state index in [2.05, 4.69) is 22.4 Å². The minimum absolute atomic E-state index is 0.0625. The molecule has 2 aliphatic heterocycles. The Balaban J connectivity index is 1.80. The number of nitrogens with zero attached hydrogens (tertiary/aromatic N) is 2. The molecule has 3 N–H and O–H groups in total. The minimum atomic E-state index is -0.568. The summed E-state index contributed by atoms with van der Waals surface area (Å²) < 4.78 is 0. The Labute approximate surface area is 139 Å². The third-order valence-corrected chi connectivity index (χ3v) is 4.74. The zero-order chi connectivity index (χ0) is 16.7. The van der Waals surface area contributed by atoms with Gasteiger partial charge in [-0.1, -0.05) is 18.2 Å². The summed E-state index contributed by atoms with van der Waals surface area (Å²) >= 11 is 0. The summed E-state index contributed by atoms with van der Waals surface area (Å²) in [6, 6.07) is 8.64.